The lowest BCUT2D eigenvalue weighted by molar-refractivity contribution is 0.701. The van der Waals surface area contributed by atoms with Gasteiger partial charge in [0, 0.05) is 22.8 Å². The lowest BCUT2D eigenvalue weighted by Crippen LogP contribution is -2.18. The van der Waals surface area contributed by atoms with Crippen LogP contribution in [0.2, 0.25) is 0 Å². The van der Waals surface area contributed by atoms with E-state index in [0.717, 1.165) is 11.1 Å². The second kappa shape index (κ2) is 5.35. The molecule has 2 N–H and O–H groups in total. The number of nitrogens with one attached hydrogen (secondary N) is 2. The topological polar surface area (TPSA) is 35.9 Å². The van der Waals surface area contributed by atoms with Gasteiger partial charge in [0.05, 0.1) is 5.71 Å². The molecule has 0 saturated heterocycles. The highest BCUT2D eigenvalue weighted by Gasteiger charge is 2.15. The number of allylic oxidation sites excluding steroid dienone is 5. The number of rotatable bonds is 3. The molecule has 0 saturated carbocycles. The summed E-state index contributed by atoms with van der Waals surface area (Å²) in [6.07, 6.45) is 5.59. The average molecular weight is 239 g/mol. The van der Waals surface area contributed by atoms with Gasteiger partial charge in [-0.15, -0.1) is 0 Å². The first kappa shape index (κ1) is 13.0. The zero-order valence-electron chi connectivity index (χ0n) is 10.3. The smallest absolute Gasteiger partial charge is 0.0641 e. The molecule has 16 heavy (non-hydrogen) atoms. The first-order valence-corrected chi connectivity index (χ1v) is 5.94. The minimum absolute atomic E-state index is 0.373. The van der Waals surface area contributed by atoms with Crippen molar-refractivity contribution in [3.63, 3.8) is 0 Å². The summed E-state index contributed by atoms with van der Waals surface area (Å²) in [5.41, 5.74) is 2.44. The molecular weight excluding hydrogens is 220 g/mol. The lowest BCUT2D eigenvalue weighted by atomic mass is 9.93. The molecule has 0 radical (unpaired) electrons. The first-order chi connectivity index (χ1) is 7.41. The molecule has 0 aliphatic heterocycles. The first-order valence-electron chi connectivity index (χ1n) is 5.56. The van der Waals surface area contributed by atoms with Crippen LogP contribution in [0.1, 0.15) is 27.7 Å². The SMILES string of the molecule is CC(C)N/C=C1/C=C(C(C)C)C(Cl)=CC1=N. The molecule has 0 bridgehead atoms. The Morgan fingerprint density at radius 2 is 1.88 bits per heavy atom. The summed E-state index contributed by atoms with van der Waals surface area (Å²) in [7, 11) is 0. The summed E-state index contributed by atoms with van der Waals surface area (Å²) >= 11 is 6.10. The van der Waals surface area contributed by atoms with E-state index < -0.39 is 0 Å². The summed E-state index contributed by atoms with van der Waals surface area (Å²) < 4.78 is 0. The van der Waals surface area contributed by atoms with Crippen molar-refractivity contribution in [2.45, 2.75) is 33.7 Å². The summed E-state index contributed by atoms with van der Waals surface area (Å²) in [4.78, 5) is 0. The average Bonchev–Trinajstić information content (AvgIpc) is 2.15. The molecule has 0 unspecified atom stereocenters. The molecule has 0 aromatic heterocycles. The van der Waals surface area contributed by atoms with Crippen LogP contribution in [0.15, 0.2) is 34.5 Å². The van der Waals surface area contributed by atoms with Gasteiger partial charge in [-0.3, -0.25) is 0 Å². The van der Waals surface area contributed by atoms with Crippen LogP contribution in [0.4, 0.5) is 0 Å². The molecule has 0 fully saturated rings. The molecule has 1 aliphatic carbocycles. The molecule has 0 amide bonds. The van der Waals surface area contributed by atoms with E-state index in [1.165, 1.54) is 0 Å². The largest absolute Gasteiger partial charge is 0.388 e. The van der Waals surface area contributed by atoms with E-state index in [9.17, 15) is 0 Å². The Labute approximate surface area is 103 Å². The van der Waals surface area contributed by atoms with E-state index in [0.29, 0.717) is 22.7 Å². The van der Waals surface area contributed by atoms with Gasteiger partial charge in [0.25, 0.3) is 0 Å². The van der Waals surface area contributed by atoms with Crippen molar-refractivity contribution in [3.05, 3.63) is 34.5 Å². The Hall–Kier alpha value is -1.02. The van der Waals surface area contributed by atoms with E-state index in [-0.39, 0.29) is 0 Å². The highest BCUT2D eigenvalue weighted by Crippen LogP contribution is 2.28. The van der Waals surface area contributed by atoms with Gasteiger partial charge >= 0.3 is 0 Å². The van der Waals surface area contributed by atoms with Gasteiger partial charge in [-0.2, -0.15) is 0 Å². The fourth-order valence-corrected chi connectivity index (χ4v) is 1.81. The molecule has 1 rings (SSSR count). The van der Waals surface area contributed by atoms with E-state index in [1.807, 2.05) is 12.3 Å². The normalized spacial score (nSPS) is 19.2. The minimum atomic E-state index is 0.373. The molecule has 1 aliphatic rings. The quantitative estimate of drug-likeness (QED) is 0.774. The summed E-state index contributed by atoms with van der Waals surface area (Å²) in [6.45, 7) is 8.34. The van der Waals surface area contributed by atoms with Crippen LogP contribution in [0, 0.1) is 11.3 Å². The fourth-order valence-electron chi connectivity index (χ4n) is 1.43. The standard InChI is InChI=1S/C13H19ClN2/c1-8(2)11-5-10(7-16-9(3)4)13(15)6-12(11)14/h5-9,15-16H,1-4H3/b10-7-,15-13?. The van der Waals surface area contributed by atoms with E-state index in [2.05, 4.69) is 33.0 Å². The Morgan fingerprint density at radius 1 is 1.25 bits per heavy atom. The third-order valence-corrected chi connectivity index (χ3v) is 2.69. The summed E-state index contributed by atoms with van der Waals surface area (Å²) in [6, 6.07) is 0.373. The van der Waals surface area contributed by atoms with Crippen LogP contribution in [-0.4, -0.2) is 11.8 Å². The molecule has 2 nitrogen and oxygen atoms in total. The van der Waals surface area contributed by atoms with Gasteiger partial charge < -0.3 is 10.7 Å². The van der Waals surface area contributed by atoms with Crippen LogP contribution in [0.5, 0.6) is 0 Å². The van der Waals surface area contributed by atoms with E-state index >= 15 is 0 Å². The Bertz CT molecular complexity index is 373. The van der Waals surface area contributed by atoms with Crippen molar-refractivity contribution < 1.29 is 0 Å². The van der Waals surface area contributed by atoms with Crippen molar-refractivity contribution in [3.8, 4) is 0 Å². The second-order valence-corrected chi connectivity index (χ2v) is 4.99. The van der Waals surface area contributed by atoms with Gasteiger partial charge in [0.15, 0.2) is 0 Å². The van der Waals surface area contributed by atoms with Crippen LogP contribution in [0.25, 0.3) is 0 Å². The maximum atomic E-state index is 7.84. The summed E-state index contributed by atoms with van der Waals surface area (Å²) in [5.74, 6) is 0.374. The number of hydrogen-bond donors (Lipinski definition) is 2. The lowest BCUT2D eigenvalue weighted by Gasteiger charge is -2.17. The van der Waals surface area contributed by atoms with Gasteiger partial charge in [-0.05, 0) is 37.5 Å². The van der Waals surface area contributed by atoms with E-state index in [4.69, 9.17) is 17.0 Å². The Kier molecular flexibility index (Phi) is 4.36. The van der Waals surface area contributed by atoms with E-state index in [1.54, 1.807) is 6.08 Å². The molecule has 0 heterocycles. The Balaban J connectivity index is 2.96. The molecule has 0 atom stereocenters. The van der Waals surface area contributed by atoms with Crippen molar-refractivity contribution in [2.75, 3.05) is 0 Å². The zero-order chi connectivity index (χ0) is 12.3. The molecule has 88 valence electrons. The predicted octanol–water partition coefficient (Wildman–Crippen LogP) is 3.61. The van der Waals surface area contributed by atoms with Gasteiger partial charge in [0.2, 0.25) is 0 Å². The maximum Gasteiger partial charge on any atom is 0.0641 e. The van der Waals surface area contributed by atoms with Crippen molar-refractivity contribution in [1.29, 1.82) is 5.41 Å². The number of hydrogen-bond acceptors (Lipinski definition) is 2. The van der Waals surface area contributed by atoms with Crippen LogP contribution in [-0.2, 0) is 0 Å². The summed E-state index contributed by atoms with van der Waals surface area (Å²) in [5, 5.41) is 11.7. The fraction of sp³-hybridized carbons (Fsp3) is 0.462. The van der Waals surface area contributed by atoms with Crippen molar-refractivity contribution >= 4 is 17.3 Å². The molecular formula is C13H19ClN2. The predicted molar refractivity (Wildman–Crippen MR) is 70.9 cm³/mol. The van der Waals surface area contributed by atoms with Crippen molar-refractivity contribution in [2.24, 2.45) is 5.92 Å². The van der Waals surface area contributed by atoms with Gasteiger partial charge in [0.1, 0.15) is 0 Å². The Morgan fingerprint density at radius 3 is 2.38 bits per heavy atom. The minimum Gasteiger partial charge on any atom is -0.388 e. The molecule has 3 heteroatoms. The highest BCUT2D eigenvalue weighted by atomic mass is 35.5. The monoisotopic (exact) mass is 238 g/mol. The van der Waals surface area contributed by atoms with Crippen LogP contribution in [0.3, 0.4) is 0 Å². The van der Waals surface area contributed by atoms with Gasteiger partial charge in [-0.25, -0.2) is 0 Å². The number of halogens is 1. The molecule has 0 aromatic rings. The second-order valence-electron chi connectivity index (χ2n) is 4.58. The van der Waals surface area contributed by atoms with Crippen molar-refractivity contribution in [1.82, 2.24) is 5.32 Å². The molecule has 0 spiro atoms. The maximum absolute atomic E-state index is 7.84. The van der Waals surface area contributed by atoms with Gasteiger partial charge in [-0.1, -0.05) is 25.4 Å². The third kappa shape index (κ3) is 3.24. The highest BCUT2D eigenvalue weighted by molar-refractivity contribution is 6.35. The zero-order valence-corrected chi connectivity index (χ0v) is 11.0. The van der Waals surface area contributed by atoms with Crippen LogP contribution >= 0.6 is 11.6 Å². The van der Waals surface area contributed by atoms with Crippen LogP contribution < -0.4 is 5.32 Å². The third-order valence-electron chi connectivity index (χ3n) is 2.36. The molecule has 0 aromatic carbocycles.